The molecule has 3 aromatic carbocycles. The van der Waals surface area contributed by atoms with Crippen molar-refractivity contribution in [2.45, 2.75) is 52.4 Å². The number of halogens is 1. The Morgan fingerprint density at radius 1 is 0.976 bits per heavy atom. The second kappa shape index (κ2) is 13.7. The quantitative estimate of drug-likeness (QED) is 0.153. The normalized spacial score (nSPS) is 12.0. The van der Waals surface area contributed by atoms with Crippen LogP contribution in [0.1, 0.15) is 47.3 Å². The number of imidazole rings is 1. The summed E-state index contributed by atoms with van der Waals surface area (Å²) in [7, 11) is 0. The summed E-state index contributed by atoms with van der Waals surface area (Å²) in [6.07, 6.45) is 5.37. The van der Waals surface area contributed by atoms with Crippen LogP contribution in [0.3, 0.4) is 0 Å². The summed E-state index contributed by atoms with van der Waals surface area (Å²) in [5, 5.41) is 3.62. The van der Waals surface area contributed by atoms with Gasteiger partial charge in [-0.1, -0.05) is 72.3 Å². The number of hydrogen-bond donors (Lipinski definition) is 1. The van der Waals surface area contributed by atoms with Gasteiger partial charge in [-0.2, -0.15) is 0 Å². The summed E-state index contributed by atoms with van der Waals surface area (Å²) in [6.45, 7) is 6.98. The Labute approximate surface area is 252 Å². The van der Waals surface area contributed by atoms with Crippen LogP contribution in [0, 0.1) is 6.92 Å². The number of nitrogens with one attached hydrogen (secondary N) is 1. The van der Waals surface area contributed by atoms with Crippen LogP contribution in [0.5, 0.6) is 5.75 Å². The van der Waals surface area contributed by atoms with E-state index in [-0.39, 0.29) is 18.1 Å². The molecule has 0 bridgehead atoms. The number of nitrogens with zero attached hydrogens (tertiary/aromatic N) is 2. The first-order valence-electron chi connectivity index (χ1n) is 14.3. The lowest BCUT2D eigenvalue weighted by Gasteiger charge is -2.20. The van der Waals surface area contributed by atoms with Gasteiger partial charge in [-0.25, -0.2) is 4.98 Å². The lowest BCUT2D eigenvalue weighted by atomic mass is 10.0. The number of carbonyl (C=O) groups is 1. The van der Waals surface area contributed by atoms with E-state index >= 15 is 0 Å². The molecule has 0 radical (unpaired) electrons. The van der Waals surface area contributed by atoms with E-state index in [1.165, 1.54) is 0 Å². The van der Waals surface area contributed by atoms with Crippen LogP contribution in [-0.4, -0.2) is 34.0 Å². The molecule has 2 aromatic heterocycles. The van der Waals surface area contributed by atoms with E-state index in [1.807, 2.05) is 67.0 Å². The Morgan fingerprint density at radius 2 is 1.76 bits per heavy atom. The van der Waals surface area contributed by atoms with E-state index in [0.29, 0.717) is 42.4 Å². The van der Waals surface area contributed by atoms with Crippen molar-refractivity contribution in [1.29, 1.82) is 0 Å². The van der Waals surface area contributed by atoms with Gasteiger partial charge >= 0.3 is 0 Å². The van der Waals surface area contributed by atoms with Gasteiger partial charge in [-0.15, -0.1) is 0 Å². The molecule has 0 aliphatic carbocycles. The largest absolute Gasteiger partial charge is 0.489 e. The van der Waals surface area contributed by atoms with Gasteiger partial charge in [0.25, 0.3) is 5.91 Å². The monoisotopic (exact) mass is 581 g/mol. The molecular weight excluding hydrogens is 546 g/mol. The third-order valence-electron chi connectivity index (χ3n) is 7.02. The van der Waals surface area contributed by atoms with Gasteiger partial charge in [0.1, 0.15) is 11.4 Å². The molecule has 1 amide bonds. The fourth-order valence-electron chi connectivity index (χ4n) is 4.86. The van der Waals surface area contributed by atoms with Crippen molar-refractivity contribution in [2.75, 3.05) is 6.61 Å². The molecule has 5 aromatic rings. The van der Waals surface area contributed by atoms with E-state index in [2.05, 4.69) is 42.6 Å². The third kappa shape index (κ3) is 7.58. The molecule has 0 spiro atoms. The molecule has 0 saturated heterocycles. The van der Waals surface area contributed by atoms with Gasteiger partial charge < -0.3 is 19.2 Å². The fourth-order valence-corrected chi connectivity index (χ4v) is 5.09. The number of pyridine rings is 1. The van der Waals surface area contributed by atoms with Crippen LogP contribution in [0.2, 0.25) is 5.02 Å². The topological polar surface area (TPSA) is 64.9 Å². The van der Waals surface area contributed by atoms with Gasteiger partial charge in [0.05, 0.1) is 23.4 Å². The van der Waals surface area contributed by atoms with Gasteiger partial charge in [-0.3, -0.25) is 4.79 Å². The van der Waals surface area contributed by atoms with Crippen LogP contribution in [0.4, 0.5) is 0 Å². The highest BCUT2D eigenvalue weighted by Crippen LogP contribution is 2.27. The molecule has 6 nitrogen and oxygen atoms in total. The van der Waals surface area contributed by atoms with Gasteiger partial charge in [0.2, 0.25) is 0 Å². The van der Waals surface area contributed by atoms with Crippen molar-refractivity contribution in [3.05, 3.63) is 125 Å². The number of hydrogen-bond acceptors (Lipinski definition) is 4. The number of carbonyl (C=O) groups excluding carboxylic acids is 1. The fraction of sp³-hybridized carbons (Fsp3) is 0.257. The van der Waals surface area contributed by atoms with Crippen molar-refractivity contribution in [3.8, 4) is 17.0 Å². The average molecular weight is 582 g/mol. The van der Waals surface area contributed by atoms with Crippen LogP contribution >= 0.6 is 11.6 Å². The average Bonchev–Trinajstić information content (AvgIpc) is 3.43. The maximum absolute atomic E-state index is 13.3. The molecule has 1 atom stereocenters. The molecule has 1 N–H and O–H groups in total. The molecule has 216 valence electrons. The predicted octanol–water partition coefficient (Wildman–Crippen LogP) is 7.70. The molecule has 0 unspecified atom stereocenters. The molecule has 2 heterocycles. The number of aromatic nitrogens is 2. The van der Waals surface area contributed by atoms with Crippen LogP contribution in [0.15, 0.2) is 97.3 Å². The SMILES string of the molecule is Cc1cccn2cc(-c3ccc(C[C@@H](CCOCc4ccccc4)NC(=O)c4ccc(OC(C)C)c(Cl)c4)cc3)nc12. The Morgan fingerprint density at radius 3 is 2.48 bits per heavy atom. The number of amides is 1. The smallest absolute Gasteiger partial charge is 0.251 e. The van der Waals surface area contributed by atoms with E-state index in [0.717, 1.165) is 33.6 Å². The number of benzene rings is 3. The minimum absolute atomic E-state index is 0.00865. The zero-order valence-electron chi connectivity index (χ0n) is 24.2. The lowest BCUT2D eigenvalue weighted by molar-refractivity contribution is 0.0893. The summed E-state index contributed by atoms with van der Waals surface area (Å²) in [5.41, 5.74) is 6.79. The van der Waals surface area contributed by atoms with E-state index in [9.17, 15) is 4.79 Å². The van der Waals surface area contributed by atoms with E-state index in [1.54, 1.807) is 18.2 Å². The summed E-state index contributed by atoms with van der Waals surface area (Å²) >= 11 is 6.41. The maximum Gasteiger partial charge on any atom is 0.251 e. The number of rotatable bonds is 12. The van der Waals surface area contributed by atoms with Crippen LogP contribution < -0.4 is 10.1 Å². The molecule has 0 saturated carbocycles. The van der Waals surface area contributed by atoms with Gasteiger partial charge in [0.15, 0.2) is 0 Å². The molecule has 42 heavy (non-hydrogen) atoms. The highest BCUT2D eigenvalue weighted by molar-refractivity contribution is 6.32. The highest BCUT2D eigenvalue weighted by Gasteiger charge is 2.17. The molecular formula is C35H36ClN3O3. The summed E-state index contributed by atoms with van der Waals surface area (Å²) in [6, 6.07) is 27.6. The molecule has 0 aliphatic rings. The van der Waals surface area contributed by atoms with Crippen molar-refractivity contribution >= 4 is 23.2 Å². The van der Waals surface area contributed by atoms with E-state index in [4.69, 9.17) is 26.1 Å². The predicted molar refractivity (Wildman–Crippen MR) is 168 cm³/mol. The van der Waals surface area contributed by atoms with E-state index < -0.39 is 0 Å². The first kappa shape index (κ1) is 29.4. The molecule has 5 rings (SSSR count). The molecule has 0 aliphatic heterocycles. The van der Waals surface area contributed by atoms with Crippen molar-refractivity contribution in [1.82, 2.24) is 14.7 Å². The Hall–Kier alpha value is -4.13. The molecule has 0 fully saturated rings. The van der Waals surface area contributed by atoms with Gasteiger partial charge in [0, 0.05) is 36.2 Å². The number of fused-ring (bicyclic) bond motifs is 1. The van der Waals surface area contributed by atoms with Crippen molar-refractivity contribution in [2.24, 2.45) is 0 Å². The van der Waals surface area contributed by atoms with Crippen LogP contribution in [-0.2, 0) is 17.8 Å². The zero-order chi connectivity index (χ0) is 29.5. The Balaban J connectivity index is 1.28. The number of aryl methyl sites for hydroxylation is 1. The number of ether oxygens (including phenoxy) is 2. The van der Waals surface area contributed by atoms with Crippen molar-refractivity contribution in [3.63, 3.8) is 0 Å². The first-order valence-corrected chi connectivity index (χ1v) is 14.7. The Bertz CT molecular complexity index is 1630. The molecule has 7 heteroatoms. The van der Waals surface area contributed by atoms with Gasteiger partial charge in [-0.05, 0) is 74.6 Å². The third-order valence-corrected chi connectivity index (χ3v) is 7.32. The second-order valence-corrected chi connectivity index (χ2v) is 11.2. The lowest BCUT2D eigenvalue weighted by Crippen LogP contribution is -2.37. The highest BCUT2D eigenvalue weighted by atomic mass is 35.5. The standard InChI is InChI=1S/C35H36ClN3O3/c1-24(2)42-33-16-15-29(21-31(33)36)35(40)37-30(17-19-41-23-27-9-5-4-6-10-27)20-26-11-13-28(14-12-26)32-22-39-18-7-8-25(3)34(39)38-32/h4-16,18,21-22,24,30H,17,19-20,23H2,1-3H3,(H,37,40)/t30-/m1/s1. The minimum Gasteiger partial charge on any atom is -0.489 e. The van der Waals surface area contributed by atoms with Crippen molar-refractivity contribution < 1.29 is 14.3 Å². The first-order chi connectivity index (χ1) is 20.4. The Kier molecular flexibility index (Phi) is 9.57. The van der Waals surface area contributed by atoms with Crippen LogP contribution in [0.25, 0.3) is 16.9 Å². The second-order valence-electron chi connectivity index (χ2n) is 10.8. The summed E-state index contributed by atoms with van der Waals surface area (Å²) in [5.74, 6) is 0.382. The summed E-state index contributed by atoms with van der Waals surface area (Å²) in [4.78, 5) is 18.1. The maximum atomic E-state index is 13.3. The zero-order valence-corrected chi connectivity index (χ0v) is 25.0. The minimum atomic E-state index is -0.183. The summed E-state index contributed by atoms with van der Waals surface area (Å²) < 4.78 is 13.7.